The smallest absolute Gasteiger partial charge is 0.237 e. The summed E-state index contributed by atoms with van der Waals surface area (Å²) >= 11 is 1.60. The highest BCUT2D eigenvalue weighted by atomic mass is 32.2. The number of amides is 1. The predicted octanol–water partition coefficient (Wildman–Crippen LogP) is 1.90. The topological polar surface area (TPSA) is 58.4 Å². The number of nitrogens with two attached hydrogens (primary N) is 1. The monoisotopic (exact) mass is 265 g/mol. The normalized spacial score (nSPS) is 16.4. The zero-order valence-corrected chi connectivity index (χ0v) is 11.6. The lowest BCUT2D eigenvalue weighted by Crippen LogP contribution is -2.38. The number of hydrogen-bond acceptors (Lipinski definition) is 4. The van der Waals surface area contributed by atoms with E-state index < -0.39 is 0 Å². The molecule has 98 valence electrons. The SMILES string of the molecule is CNc1ccc2c(c1)N(CCC(C)N)C(=O)CS2. The molecule has 0 spiro atoms. The lowest BCUT2D eigenvalue weighted by atomic mass is 10.2. The first kappa shape index (κ1) is 13.2. The third kappa shape index (κ3) is 2.79. The van der Waals surface area contributed by atoms with Gasteiger partial charge in [0, 0.05) is 30.2 Å². The summed E-state index contributed by atoms with van der Waals surface area (Å²) in [5.74, 6) is 0.687. The molecule has 1 aliphatic heterocycles. The first-order valence-electron chi connectivity index (χ1n) is 6.12. The summed E-state index contributed by atoms with van der Waals surface area (Å²) in [5, 5.41) is 3.11. The van der Waals surface area contributed by atoms with E-state index in [0.717, 1.165) is 17.8 Å². The van der Waals surface area contributed by atoms with Gasteiger partial charge in [0.25, 0.3) is 0 Å². The molecule has 1 heterocycles. The summed E-state index contributed by atoms with van der Waals surface area (Å²) < 4.78 is 0. The molecule has 1 aliphatic rings. The van der Waals surface area contributed by atoms with Gasteiger partial charge in [-0.2, -0.15) is 0 Å². The van der Waals surface area contributed by atoms with E-state index in [-0.39, 0.29) is 11.9 Å². The van der Waals surface area contributed by atoms with Crippen LogP contribution in [0.1, 0.15) is 13.3 Å². The number of rotatable bonds is 4. The number of anilines is 2. The van der Waals surface area contributed by atoms with Crippen molar-refractivity contribution in [3.05, 3.63) is 18.2 Å². The minimum absolute atomic E-state index is 0.114. The molecule has 4 nitrogen and oxygen atoms in total. The molecule has 5 heteroatoms. The van der Waals surface area contributed by atoms with E-state index >= 15 is 0 Å². The largest absolute Gasteiger partial charge is 0.388 e. The van der Waals surface area contributed by atoms with Crippen LogP contribution in [0.25, 0.3) is 0 Å². The van der Waals surface area contributed by atoms with Crippen LogP contribution in [0.4, 0.5) is 11.4 Å². The Morgan fingerprint density at radius 1 is 1.56 bits per heavy atom. The summed E-state index contributed by atoms with van der Waals surface area (Å²) in [6.45, 7) is 2.66. The number of nitrogens with one attached hydrogen (secondary N) is 1. The van der Waals surface area contributed by atoms with Gasteiger partial charge < -0.3 is 16.0 Å². The standard InChI is InChI=1S/C13H19N3OS/c1-9(14)5-6-16-11-7-10(15-2)3-4-12(11)18-8-13(16)17/h3-4,7,9,15H,5-6,8,14H2,1-2H3. The molecule has 1 aromatic rings. The van der Waals surface area contributed by atoms with Crippen molar-refractivity contribution in [3.8, 4) is 0 Å². The summed E-state index contributed by atoms with van der Waals surface area (Å²) in [6.07, 6.45) is 0.819. The van der Waals surface area contributed by atoms with E-state index in [1.165, 1.54) is 4.90 Å². The third-order valence-electron chi connectivity index (χ3n) is 3.00. The summed E-state index contributed by atoms with van der Waals surface area (Å²) in [5.41, 5.74) is 7.80. The Balaban J connectivity index is 2.27. The first-order valence-corrected chi connectivity index (χ1v) is 7.11. The van der Waals surface area contributed by atoms with E-state index in [2.05, 4.69) is 11.4 Å². The Bertz CT molecular complexity index is 448. The maximum atomic E-state index is 12.0. The predicted molar refractivity (Wildman–Crippen MR) is 77.3 cm³/mol. The van der Waals surface area contributed by atoms with E-state index in [4.69, 9.17) is 5.73 Å². The Morgan fingerprint density at radius 2 is 2.33 bits per heavy atom. The maximum absolute atomic E-state index is 12.0. The van der Waals surface area contributed by atoms with Crippen LogP contribution in [0.2, 0.25) is 0 Å². The zero-order chi connectivity index (χ0) is 13.1. The van der Waals surface area contributed by atoms with E-state index in [9.17, 15) is 4.79 Å². The Labute approximate surface area is 112 Å². The molecule has 0 aromatic heterocycles. The lowest BCUT2D eigenvalue weighted by Gasteiger charge is -2.30. The fourth-order valence-electron chi connectivity index (χ4n) is 1.94. The molecule has 0 saturated carbocycles. The maximum Gasteiger partial charge on any atom is 0.237 e. The van der Waals surface area contributed by atoms with Crippen LogP contribution >= 0.6 is 11.8 Å². The van der Waals surface area contributed by atoms with Crippen molar-refractivity contribution in [2.24, 2.45) is 5.73 Å². The second kappa shape index (κ2) is 5.63. The highest BCUT2D eigenvalue weighted by Crippen LogP contribution is 2.37. The molecule has 1 amide bonds. The number of carbonyl (C=O) groups is 1. The second-order valence-corrected chi connectivity index (χ2v) is 5.55. The van der Waals surface area contributed by atoms with Crippen molar-refractivity contribution in [3.63, 3.8) is 0 Å². The molecule has 18 heavy (non-hydrogen) atoms. The van der Waals surface area contributed by atoms with Crippen LogP contribution in [-0.4, -0.2) is 31.3 Å². The highest BCUT2D eigenvalue weighted by Gasteiger charge is 2.24. The van der Waals surface area contributed by atoms with Crippen LogP contribution in [0.15, 0.2) is 23.1 Å². The average molecular weight is 265 g/mol. The molecule has 0 radical (unpaired) electrons. The van der Waals surface area contributed by atoms with Crippen molar-refractivity contribution in [1.29, 1.82) is 0 Å². The Morgan fingerprint density at radius 3 is 3.00 bits per heavy atom. The van der Waals surface area contributed by atoms with Crippen molar-refractivity contribution < 1.29 is 4.79 Å². The summed E-state index contributed by atoms with van der Waals surface area (Å²) in [7, 11) is 1.88. The molecule has 0 bridgehead atoms. The van der Waals surface area contributed by atoms with Gasteiger partial charge in [-0.3, -0.25) is 4.79 Å². The number of nitrogens with zero attached hydrogens (tertiary/aromatic N) is 1. The van der Waals surface area contributed by atoms with Crippen molar-refractivity contribution in [1.82, 2.24) is 0 Å². The number of thioether (sulfide) groups is 1. The molecule has 1 unspecified atom stereocenters. The number of hydrogen-bond donors (Lipinski definition) is 2. The molecule has 0 saturated heterocycles. The fourth-order valence-corrected chi connectivity index (χ4v) is 2.85. The zero-order valence-electron chi connectivity index (χ0n) is 10.8. The van der Waals surface area contributed by atoms with Gasteiger partial charge in [0.05, 0.1) is 11.4 Å². The van der Waals surface area contributed by atoms with Gasteiger partial charge in [0.1, 0.15) is 0 Å². The van der Waals surface area contributed by atoms with Crippen LogP contribution in [0.3, 0.4) is 0 Å². The van der Waals surface area contributed by atoms with Gasteiger partial charge in [-0.15, -0.1) is 11.8 Å². The van der Waals surface area contributed by atoms with Crippen LogP contribution in [-0.2, 0) is 4.79 Å². The van der Waals surface area contributed by atoms with Crippen molar-refractivity contribution >= 4 is 29.0 Å². The molecular formula is C13H19N3OS. The van der Waals surface area contributed by atoms with Crippen molar-refractivity contribution in [2.75, 3.05) is 29.6 Å². The second-order valence-electron chi connectivity index (χ2n) is 4.53. The summed E-state index contributed by atoms with van der Waals surface area (Å²) in [6, 6.07) is 6.24. The van der Waals surface area contributed by atoms with Gasteiger partial charge in [0.15, 0.2) is 0 Å². The Hall–Kier alpha value is -1.20. The number of carbonyl (C=O) groups excluding carboxylic acids is 1. The first-order chi connectivity index (χ1) is 8.61. The molecule has 2 rings (SSSR count). The average Bonchev–Trinajstić information content (AvgIpc) is 2.36. The van der Waals surface area contributed by atoms with Crippen LogP contribution in [0.5, 0.6) is 0 Å². The quantitative estimate of drug-likeness (QED) is 0.873. The minimum Gasteiger partial charge on any atom is -0.388 e. The molecule has 3 N–H and O–H groups in total. The fraction of sp³-hybridized carbons (Fsp3) is 0.462. The van der Waals surface area contributed by atoms with Gasteiger partial charge in [-0.1, -0.05) is 0 Å². The third-order valence-corrected chi connectivity index (χ3v) is 4.05. The van der Waals surface area contributed by atoms with Gasteiger partial charge in [-0.25, -0.2) is 0 Å². The highest BCUT2D eigenvalue weighted by molar-refractivity contribution is 8.00. The molecule has 1 atom stereocenters. The van der Waals surface area contributed by atoms with Crippen LogP contribution < -0.4 is 16.0 Å². The molecule has 0 aliphatic carbocycles. The van der Waals surface area contributed by atoms with Gasteiger partial charge >= 0.3 is 0 Å². The molecular weight excluding hydrogens is 246 g/mol. The van der Waals surface area contributed by atoms with Crippen LogP contribution in [0, 0.1) is 0 Å². The number of benzene rings is 1. The summed E-state index contributed by atoms with van der Waals surface area (Å²) in [4.78, 5) is 15.0. The van der Waals surface area contributed by atoms with Gasteiger partial charge in [-0.05, 0) is 31.5 Å². The lowest BCUT2D eigenvalue weighted by molar-refractivity contribution is -0.116. The van der Waals surface area contributed by atoms with Crippen molar-refractivity contribution in [2.45, 2.75) is 24.3 Å². The molecule has 1 aromatic carbocycles. The molecule has 0 fully saturated rings. The van der Waals surface area contributed by atoms with E-state index in [1.807, 2.05) is 31.0 Å². The number of fused-ring (bicyclic) bond motifs is 1. The van der Waals surface area contributed by atoms with E-state index in [0.29, 0.717) is 12.3 Å². The van der Waals surface area contributed by atoms with Gasteiger partial charge in [0.2, 0.25) is 5.91 Å². The Kier molecular flexibility index (Phi) is 4.14. The minimum atomic E-state index is 0.114. The van der Waals surface area contributed by atoms with E-state index in [1.54, 1.807) is 11.8 Å².